The van der Waals surface area contributed by atoms with E-state index >= 15 is 0 Å². The average molecular weight is 361 g/mol. The molecule has 8 heteroatoms. The second-order valence-corrected chi connectivity index (χ2v) is 6.28. The molecule has 4 rings (SSSR count). The van der Waals surface area contributed by atoms with Crippen LogP contribution in [-0.4, -0.2) is 41.3 Å². The molecule has 1 aliphatic heterocycles. The fourth-order valence-corrected chi connectivity index (χ4v) is 3.01. The van der Waals surface area contributed by atoms with Crippen LogP contribution < -0.4 is 14.4 Å². The molecule has 0 aliphatic carbocycles. The third-order valence-electron chi connectivity index (χ3n) is 4.10. The summed E-state index contributed by atoms with van der Waals surface area (Å²) in [6.07, 6.45) is 5.06. The van der Waals surface area contributed by atoms with E-state index < -0.39 is 0 Å². The molecule has 2 aromatic heterocycles. The molecule has 1 fully saturated rings. The monoisotopic (exact) mass is 360 g/mol. The number of piperidine rings is 1. The molecule has 0 radical (unpaired) electrons. The highest BCUT2D eigenvalue weighted by Gasteiger charge is 2.25. The minimum atomic E-state index is -0.0271. The van der Waals surface area contributed by atoms with E-state index in [1.807, 2.05) is 6.07 Å². The van der Waals surface area contributed by atoms with Crippen LogP contribution in [0, 0.1) is 0 Å². The molecule has 7 nitrogen and oxygen atoms in total. The lowest BCUT2D eigenvalue weighted by atomic mass is 10.1. The maximum absolute atomic E-state index is 6.00. The van der Waals surface area contributed by atoms with Gasteiger partial charge in [-0.05, 0) is 25.0 Å². The Bertz CT molecular complexity index is 868. The van der Waals surface area contributed by atoms with Crippen molar-refractivity contribution in [2.24, 2.45) is 0 Å². The Labute approximate surface area is 149 Å². The van der Waals surface area contributed by atoms with Gasteiger partial charge in [-0.1, -0.05) is 11.6 Å². The molecule has 25 heavy (non-hydrogen) atoms. The minimum absolute atomic E-state index is 0.0271. The predicted molar refractivity (Wildman–Crippen MR) is 93.5 cm³/mol. The average Bonchev–Trinajstić information content (AvgIpc) is 3.06. The Hall–Kier alpha value is -2.54. The van der Waals surface area contributed by atoms with Crippen LogP contribution in [0.2, 0.25) is 5.02 Å². The minimum Gasteiger partial charge on any atom is -0.494 e. The largest absolute Gasteiger partial charge is 0.494 e. The van der Waals surface area contributed by atoms with Crippen molar-refractivity contribution in [1.29, 1.82) is 0 Å². The maximum atomic E-state index is 6.00. The molecule has 3 aromatic rings. The van der Waals surface area contributed by atoms with Crippen molar-refractivity contribution in [3.05, 3.63) is 35.6 Å². The predicted octanol–water partition coefficient (Wildman–Crippen LogP) is 3.33. The molecule has 1 unspecified atom stereocenters. The normalized spacial score (nSPS) is 17.7. The number of methoxy groups -OCH3 is 1. The third kappa shape index (κ3) is 3.46. The standard InChI is InChI=1S/C17H17ClN4O3/c1-23-13-8-19-16(20-9-13)24-12-3-2-6-22(10-12)17-21-14-5-4-11(18)7-15(14)25-17/h4-5,7-9,12H,2-3,6,10H2,1H3. The lowest BCUT2D eigenvalue weighted by Crippen LogP contribution is -2.41. The van der Waals surface area contributed by atoms with Gasteiger partial charge in [-0.3, -0.25) is 0 Å². The van der Waals surface area contributed by atoms with Crippen LogP contribution in [0.3, 0.4) is 0 Å². The molecule has 0 bridgehead atoms. The quantitative estimate of drug-likeness (QED) is 0.706. The van der Waals surface area contributed by atoms with Crippen LogP contribution in [0.25, 0.3) is 11.1 Å². The summed E-state index contributed by atoms with van der Waals surface area (Å²) in [4.78, 5) is 14.9. The molecular formula is C17H17ClN4O3. The van der Waals surface area contributed by atoms with E-state index in [9.17, 15) is 0 Å². The lowest BCUT2D eigenvalue weighted by molar-refractivity contribution is 0.162. The van der Waals surface area contributed by atoms with Crippen LogP contribution in [0.4, 0.5) is 6.01 Å². The Kier molecular flexibility index (Phi) is 4.31. The van der Waals surface area contributed by atoms with Gasteiger partial charge in [-0.25, -0.2) is 0 Å². The molecule has 0 saturated carbocycles. The number of oxazole rings is 1. The molecule has 1 aromatic carbocycles. The number of rotatable bonds is 4. The van der Waals surface area contributed by atoms with Crippen LogP contribution in [0.1, 0.15) is 12.8 Å². The SMILES string of the molecule is COc1cnc(OC2CCCN(c3nc4ccc(Cl)cc4o3)C2)nc1. The first-order valence-electron chi connectivity index (χ1n) is 8.05. The number of halogens is 1. The fraction of sp³-hybridized carbons (Fsp3) is 0.353. The molecule has 0 spiro atoms. The highest BCUT2D eigenvalue weighted by Crippen LogP contribution is 2.27. The number of hydrogen-bond donors (Lipinski definition) is 0. The first kappa shape index (κ1) is 16.0. The molecule has 0 amide bonds. The van der Waals surface area contributed by atoms with Crippen molar-refractivity contribution >= 4 is 28.7 Å². The molecule has 1 aliphatic rings. The summed E-state index contributed by atoms with van der Waals surface area (Å²) in [5.74, 6) is 0.600. The van der Waals surface area contributed by atoms with Crippen LogP contribution in [0.15, 0.2) is 35.0 Å². The lowest BCUT2D eigenvalue weighted by Gasteiger charge is -2.31. The number of anilines is 1. The number of benzene rings is 1. The van der Waals surface area contributed by atoms with E-state index in [1.54, 1.807) is 31.6 Å². The van der Waals surface area contributed by atoms with Gasteiger partial charge in [0.2, 0.25) is 0 Å². The van der Waals surface area contributed by atoms with Crippen molar-refractivity contribution in [2.45, 2.75) is 18.9 Å². The van der Waals surface area contributed by atoms with E-state index in [0.717, 1.165) is 24.9 Å². The Balaban J connectivity index is 1.47. The summed E-state index contributed by atoms with van der Waals surface area (Å²) in [5.41, 5.74) is 1.48. The van der Waals surface area contributed by atoms with Crippen LogP contribution >= 0.6 is 11.6 Å². The fourth-order valence-electron chi connectivity index (χ4n) is 2.85. The Morgan fingerprint density at radius 2 is 2.12 bits per heavy atom. The van der Waals surface area contributed by atoms with Gasteiger partial charge in [0.25, 0.3) is 6.01 Å². The van der Waals surface area contributed by atoms with E-state index in [1.165, 1.54) is 0 Å². The van der Waals surface area contributed by atoms with E-state index in [2.05, 4.69) is 19.9 Å². The summed E-state index contributed by atoms with van der Waals surface area (Å²) >= 11 is 6.00. The second-order valence-electron chi connectivity index (χ2n) is 5.84. The zero-order chi connectivity index (χ0) is 17.2. The van der Waals surface area contributed by atoms with Crippen LogP contribution in [-0.2, 0) is 0 Å². The Morgan fingerprint density at radius 1 is 1.28 bits per heavy atom. The summed E-state index contributed by atoms with van der Waals surface area (Å²) < 4.78 is 16.8. The van der Waals surface area contributed by atoms with Gasteiger partial charge >= 0.3 is 6.01 Å². The first-order chi connectivity index (χ1) is 12.2. The third-order valence-corrected chi connectivity index (χ3v) is 4.34. The summed E-state index contributed by atoms with van der Waals surface area (Å²) in [6, 6.07) is 6.36. The molecule has 1 atom stereocenters. The van der Waals surface area contributed by atoms with Crippen LogP contribution in [0.5, 0.6) is 11.8 Å². The number of hydrogen-bond acceptors (Lipinski definition) is 7. The number of nitrogens with zero attached hydrogens (tertiary/aromatic N) is 4. The highest BCUT2D eigenvalue weighted by atomic mass is 35.5. The molecule has 130 valence electrons. The van der Waals surface area contributed by atoms with Crippen molar-refractivity contribution in [1.82, 2.24) is 15.0 Å². The Morgan fingerprint density at radius 3 is 2.92 bits per heavy atom. The zero-order valence-electron chi connectivity index (χ0n) is 13.7. The number of fused-ring (bicyclic) bond motifs is 1. The second kappa shape index (κ2) is 6.76. The van der Waals surface area contributed by atoms with Gasteiger partial charge in [0.1, 0.15) is 11.6 Å². The van der Waals surface area contributed by atoms with Gasteiger partial charge in [0.05, 0.1) is 26.0 Å². The topological polar surface area (TPSA) is 73.5 Å². The van der Waals surface area contributed by atoms with Crippen molar-refractivity contribution in [3.8, 4) is 11.8 Å². The van der Waals surface area contributed by atoms with Gasteiger partial charge in [-0.2, -0.15) is 15.0 Å². The summed E-state index contributed by atoms with van der Waals surface area (Å²) in [6.45, 7) is 1.53. The first-order valence-corrected chi connectivity index (χ1v) is 8.43. The maximum Gasteiger partial charge on any atom is 0.316 e. The van der Waals surface area contributed by atoms with Gasteiger partial charge in [0, 0.05) is 17.6 Å². The number of ether oxygens (including phenoxy) is 2. The van der Waals surface area contributed by atoms with Gasteiger partial charge < -0.3 is 18.8 Å². The smallest absolute Gasteiger partial charge is 0.316 e. The summed E-state index contributed by atoms with van der Waals surface area (Å²) in [7, 11) is 1.58. The summed E-state index contributed by atoms with van der Waals surface area (Å²) in [5, 5.41) is 0.631. The van der Waals surface area contributed by atoms with E-state index in [-0.39, 0.29) is 6.10 Å². The molecular weight excluding hydrogens is 344 g/mol. The van der Waals surface area contributed by atoms with E-state index in [0.29, 0.717) is 34.9 Å². The molecule has 1 saturated heterocycles. The highest BCUT2D eigenvalue weighted by molar-refractivity contribution is 6.31. The van der Waals surface area contributed by atoms with Crippen molar-refractivity contribution in [2.75, 3.05) is 25.1 Å². The van der Waals surface area contributed by atoms with Crippen molar-refractivity contribution < 1.29 is 13.9 Å². The molecule has 0 N–H and O–H groups in total. The van der Waals surface area contributed by atoms with Gasteiger partial charge in [-0.15, -0.1) is 0 Å². The van der Waals surface area contributed by atoms with Crippen molar-refractivity contribution in [3.63, 3.8) is 0 Å². The zero-order valence-corrected chi connectivity index (χ0v) is 14.4. The number of aromatic nitrogens is 3. The molecule has 3 heterocycles. The van der Waals surface area contributed by atoms with Gasteiger partial charge in [0.15, 0.2) is 11.3 Å². The van der Waals surface area contributed by atoms with E-state index in [4.69, 9.17) is 25.5 Å².